The molecule has 116 valence electrons. The van der Waals surface area contributed by atoms with Crippen molar-refractivity contribution in [1.29, 1.82) is 0 Å². The van der Waals surface area contributed by atoms with Gasteiger partial charge < -0.3 is 10.6 Å². The molecule has 2 rings (SSSR count). The van der Waals surface area contributed by atoms with Crippen molar-refractivity contribution in [3.8, 4) is 0 Å². The van der Waals surface area contributed by atoms with Crippen LogP contribution in [0.2, 0.25) is 0 Å². The molecule has 0 heterocycles. The van der Waals surface area contributed by atoms with Crippen LogP contribution in [-0.4, -0.2) is 26.9 Å². The predicted octanol–water partition coefficient (Wildman–Crippen LogP) is 0.482. The molecule has 0 aliphatic heterocycles. The Balaban J connectivity index is 1.75. The van der Waals surface area contributed by atoms with Crippen LogP contribution in [0.4, 0.5) is 0 Å². The Morgan fingerprint density at radius 1 is 1.19 bits per heavy atom. The highest BCUT2D eigenvalue weighted by molar-refractivity contribution is 7.89. The molecule has 1 aliphatic rings. The number of primary sulfonamides is 1. The van der Waals surface area contributed by atoms with E-state index in [0.717, 1.165) is 18.4 Å². The summed E-state index contributed by atoms with van der Waals surface area (Å²) >= 11 is 0. The Bertz CT molecular complexity index is 578. The van der Waals surface area contributed by atoms with Gasteiger partial charge in [0.25, 0.3) is 0 Å². The second-order valence-corrected chi connectivity index (χ2v) is 6.89. The quantitative estimate of drug-likeness (QED) is 0.711. The molecule has 1 saturated carbocycles. The van der Waals surface area contributed by atoms with Gasteiger partial charge in [-0.2, -0.15) is 0 Å². The average molecular weight is 311 g/mol. The Kier molecular flexibility index (Phi) is 5.33. The van der Waals surface area contributed by atoms with Crippen LogP contribution in [0.1, 0.15) is 31.2 Å². The van der Waals surface area contributed by atoms with Crippen molar-refractivity contribution >= 4 is 15.9 Å². The zero-order valence-electron chi connectivity index (χ0n) is 11.8. The lowest BCUT2D eigenvalue weighted by molar-refractivity contribution is -0.120. The van der Waals surface area contributed by atoms with Crippen LogP contribution in [0.15, 0.2) is 29.2 Å². The average Bonchev–Trinajstić information content (AvgIpc) is 2.95. The third-order valence-corrected chi connectivity index (χ3v) is 4.58. The van der Waals surface area contributed by atoms with Gasteiger partial charge in [-0.25, -0.2) is 13.6 Å². The van der Waals surface area contributed by atoms with Crippen molar-refractivity contribution in [3.05, 3.63) is 29.8 Å². The zero-order valence-corrected chi connectivity index (χ0v) is 12.7. The van der Waals surface area contributed by atoms with E-state index in [9.17, 15) is 13.2 Å². The van der Waals surface area contributed by atoms with Gasteiger partial charge >= 0.3 is 0 Å². The summed E-state index contributed by atoms with van der Waals surface area (Å²) in [6.45, 7) is 0.690. The number of carbonyl (C=O) groups excluding carboxylic acids is 1. The maximum absolute atomic E-state index is 11.7. The lowest BCUT2D eigenvalue weighted by atomic mass is 10.2. The number of nitrogens with two attached hydrogens (primary N) is 1. The summed E-state index contributed by atoms with van der Waals surface area (Å²) in [7, 11) is -3.67. The third kappa shape index (κ3) is 5.11. The number of carbonyl (C=O) groups is 1. The second kappa shape index (κ2) is 7.02. The van der Waals surface area contributed by atoms with Crippen molar-refractivity contribution in [2.75, 3.05) is 6.54 Å². The number of hydrogen-bond acceptors (Lipinski definition) is 4. The van der Waals surface area contributed by atoms with Gasteiger partial charge in [0.15, 0.2) is 0 Å². The summed E-state index contributed by atoms with van der Waals surface area (Å²) in [6, 6.07) is 6.63. The molecule has 21 heavy (non-hydrogen) atoms. The van der Waals surface area contributed by atoms with Gasteiger partial charge in [-0.05, 0) is 30.5 Å². The fourth-order valence-electron chi connectivity index (χ4n) is 2.43. The summed E-state index contributed by atoms with van der Waals surface area (Å²) in [5.41, 5.74) is 0.830. The van der Waals surface area contributed by atoms with Crippen molar-refractivity contribution in [1.82, 2.24) is 10.6 Å². The molecule has 0 radical (unpaired) electrons. The van der Waals surface area contributed by atoms with Gasteiger partial charge in [-0.3, -0.25) is 4.79 Å². The van der Waals surface area contributed by atoms with Gasteiger partial charge in [0.2, 0.25) is 15.9 Å². The summed E-state index contributed by atoms with van der Waals surface area (Å²) < 4.78 is 22.2. The smallest absolute Gasteiger partial charge is 0.238 e. The van der Waals surface area contributed by atoms with E-state index in [1.54, 1.807) is 12.1 Å². The van der Waals surface area contributed by atoms with E-state index in [4.69, 9.17) is 5.14 Å². The Labute approximate surface area is 125 Å². The second-order valence-electron chi connectivity index (χ2n) is 5.33. The highest BCUT2D eigenvalue weighted by Gasteiger charge is 2.15. The van der Waals surface area contributed by atoms with E-state index in [-0.39, 0.29) is 10.8 Å². The van der Waals surface area contributed by atoms with Gasteiger partial charge in [0, 0.05) is 12.6 Å². The van der Waals surface area contributed by atoms with Gasteiger partial charge in [0.1, 0.15) is 0 Å². The minimum Gasteiger partial charge on any atom is -0.351 e. The molecule has 0 unspecified atom stereocenters. The molecule has 1 aromatic carbocycles. The zero-order chi connectivity index (χ0) is 15.3. The van der Waals surface area contributed by atoms with Crippen molar-refractivity contribution < 1.29 is 13.2 Å². The maximum Gasteiger partial charge on any atom is 0.238 e. The summed E-state index contributed by atoms with van der Waals surface area (Å²) in [5.74, 6) is -0.0579. The molecule has 6 nitrogen and oxygen atoms in total. The third-order valence-electron chi connectivity index (χ3n) is 3.65. The van der Waals surface area contributed by atoms with Crippen molar-refractivity contribution in [2.24, 2.45) is 5.14 Å². The van der Waals surface area contributed by atoms with Crippen molar-refractivity contribution in [2.45, 2.75) is 43.2 Å². The first-order valence-corrected chi connectivity index (χ1v) is 8.61. The lowest BCUT2D eigenvalue weighted by Gasteiger charge is -2.11. The molecule has 0 spiro atoms. The maximum atomic E-state index is 11.7. The van der Waals surface area contributed by atoms with Crippen LogP contribution in [0.3, 0.4) is 0 Å². The number of amides is 1. The van der Waals surface area contributed by atoms with E-state index < -0.39 is 10.0 Å². The molecule has 1 aliphatic carbocycles. The first-order chi connectivity index (χ1) is 9.95. The number of hydrogen-bond donors (Lipinski definition) is 3. The Hall–Kier alpha value is -1.44. The summed E-state index contributed by atoms with van der Waals surface area (Å²) in [5, 5.41) is 11.1. The minimum atomic E-state index is -3.67. The minimum absolute atomic E-state index is 0.0579. The summed E-state index contributed by atoms with van der Waals surface area (Å²) in [6.07, 6.45) is 4.75. The molecule has 1 amide bonds. The molecule has 0 bridgehead atoms. The van der Waals surface area contributed by atoms with Gasteiger partial charge in [-0.1, -0.05) is 25.0 Å². The van der Waals surface area contributed by atoms with Gasteiger partial charge in [0.05, 0.1) is 11.4 Å². The Morgan fingerprint density at radius 3 is 2.38 bits per heavy atom. The van der Waals surface area contributed by atoms with Crippen LogP contribution in [0, 0.1) is 0 Å². The standard InChI is InChI=1S/C14H21N3O3S/c15-21(19,20)13-7-5-11(6-8-13)9-17-14(18)10-16-12-3-1-2-4-12/h5-8,12,16H,1-4,9-10H2,(H,17,18)(H2,15,19,20). The van der Waals surface area contributed by atoms with Gasteiger partial charge in [-0.15, -0.1) is 0 Å². The molecule has 0 atom stereocenters. The molecule has 0 aromatic heterocycles. The van der Waals surface area contributed by atoms with Crippen LogP contribution >= 0.6 is 0 Å². The van der Waals surface area contributed by atoms with E-state index >= 15 is 0 Å². The monoisotopic (exact) mass is 311 g/mol. The highest BCUT2D eigenvalue weighted by atomic mass is 32.2. The fourth-order valence-corrected chi connectivity index (χ4v) is 2.94. The Morgan fingerprint density at radius 2 is 1.81 bits per heavy atom. The van der Waals surface area contributed by atoms with Crippen LogP contribution in [0.5, 0.6) is 0 Å². The number of rotatable bonds is 6. The fraction of sp³-hybridized carbons (Fsp3) is 0.500. The number of nitrogens with one attached hydrogen (secondary N) is 2. The largest absolute Gasteiger partial charge is 0.351 e. The normalized spacial score (nSPS) is 16.0. The predicted molar refractivity (Wildman–Crippen MR) is 79.9 cm³/mol. The molecule has 7 heteroatoms. The molecule has 1 aromatic rings. The van der Waals surface area contributed by atoms with E-state index in [1.165, 1.54) is 25.0 Å². The van der Waals surface area contributed by atoms with Crippen molar-refractivity contribution in [3.63, 3.8) is 0 Å². The van der Waals surface area contributed by atoms with E-state index in [1.807, 2.05) is 0 Å². The molecular weight excluding hydrogens is 290 g/mol. The molecule has 0 saturated heterocycles. The van der Waals surface area contributed by atoms with Crippen LogP contribution in [-0.2, 0) is 21.4 Å². The van der Waals surface area contributed by atoms with E-state index in [0.29, 0.717) is 19.1 Å². The molecular formula is C14H21N3O3S. The SMILES string of the molecule is NS(=O)(=O)c1ccc(CNC(=O)CNC2CCCC2)cc1. The first-order valence-electron chi connectivity index (χ1n) is 7.07. The van der Waals surface area contributed by atoms with Crippen LogP contribution < -0.4 is 15.8 Å². The number of sulfonamides is 1. The van der Waals surface area contributed by atoms with Crippen LogP contribution in [0.25, 0.3) is 0 Å². The molecule has 1 fully saturated rings. The molecule has 4 N–H and O–H groups in total. The van der Waals surface area contributed by atoms with E-state index in [2.05, 4.69) is 10.6 Å². The number of benzene rings is 1. The lowest BCUT2D eigenvalue weighted by Crippen LogP contribution is -2.37. The highest BCUT2D eigenvalue weighted by Crippen LogP contribution is 2.17. The topological polar surface area (TPSA) is 101 Å². The summed E-state index contributed by atoms with van der Waals surface area (Å²) in [4.78, 5) is 11.8. The first kappa shape index (κ1) is 15.9.